The zero-order valence-corrected chi connectivity index (χ0v) is 9.58. The molecule has 2 aromatic rings. The van der Waals surface area contributed by atoms with Crippen molar-refractivity contribution in [2.75, 3.05) is 5.73 Å². The maximum absolute atomic E-state index is 13.6. The topological polar surface area (TPSA) is 56.7 Å². The van der Waals surface area contributed by atoms with Gasteiger partial charge in [0.15, 0.2) is 5.82 Å². The van der Waals surface area contributed by atoms with Gasteiger partial charge in [0.25, 0.3) is 0 Å². The molecule has 2 N–H and O–H groups in total. The highest BCUT2D eigenvalue weighted by atomic mass is 79.9. The van der Waals surface area contributed by atoms with Gasteiger partial charge in [0.1, 0.15) is 11.6 Å². The molecular weight excluding hydrogens is 282 g/mol. The van der Waals surface area contributed by atoms with Crippen molar-refractivity contribution >= 4 is 21.7 Å². The minimum atomic E-state index is -0.644. The first-order chi connectivity index (χ1) is 7.58. The second-order valence-electron chi connectivity index (χ2n) is 3.16. The molecule has 0 bridgehead atoms. The van der Waals surface area contributed by atoms with Crippen molar-refractivity contribution in [1.29, 1.82) is 0 Å². The van der Waals surface area contributed by atoms with Crippen LogP contribution in [0.1, 0.15) is 5.56 Å². The van der Waals surface area contributed by atoms with Crippen molar-refractivity contribution in [1.82, 2.24) is 15.0 Å². The Morgan fingerprint density at radius 2 is 2.12 bits per heavy atom. The monoisotopic (exact) mass is 288 g/mol. The zero-order valence-electron chi connectivity index (χ0n) is 7.99. The zero-order chi connectivity index (χ0) is 11.7. The van der Waals surface area contributed by atoms with E-state index in [0.717, 1.165) is 0 Å². The number of hydrogen-bond donors (Lipinski definition) is 1. The Bertz CT molecular complexity index is 526. The van der Waals surface area contributed by atoms with E-state index in [-0.39, 0.29) is 22.4 Å². The molecule has 0 aliphatic heterocycles. The number of nitrogens with zero attached hydrogens (tertiary/aromatic N) is 3. The fourth-order valence-electron chi connectivity index (χ4n) is 1.27. The molecule has 0 atom stereocenters. The number of benzene rings is 1. The molecule has 16 heavy (non-hydrogen) atoms. The lowest BCUT2D eigenvalue weighted by atomic mass is 10.2. The summed E-state index contributed by atoms with van der Waals surface area (Å²) in [5.74, 6) is -1.07. The Kier molecular flexibility index (Phi) is 2.86. The van der Waals surface area contributed by atoms with Crippen LogP contribution in [0.2, 0.25) is 0 Å². The summed E-state index contributed by atoms with van der Waals surface area (Å²) in [4.78, 5) is 0. The van der Waals surface area contributed by atoms with Crippen molar-refractivity contribution in [2.24, 2.45) is 0 Å². The van der Waals surface area contributed by atoms with Gasteiger partial charge in [-0.05, 0) is 28.1 Å². The normalized spacial score (nSPS) is 10.7. The third-order valence-electron chi connectivity index (χ3n) is 2.02. The van der Waals surface area contributed by atoms with E-state index >= 15 is 0 Å². The van der Waals surface area contributed by atoms with Gasteiger partial charge in [-0.15, -0.1) is 5.10 Å². The standard InChI is InChI=1S/C9H7BrF2N4/c10-6-1-2-7(11)5(9(6)12)3-16-4-8(13)14-15-16/h1-2,4H,3,13H2. The molecule has 0 fully saturated rings. The van der Waals surface area contributed by atoms with E-state index in [1.807, 2.05) is 0 Å². The molecule has 0 spiro atoms. The van der Waals surface area contributed by atoms with Gasteiger partial charge >= 0.3 is 0 Å². The number of anilines is 1. The van der Waals surface area contributed by atoms with Gasteiger partial charge in [-0.1, -0.05) is 5.21 Å². The van der Waals surface area contributed by atoms with Crippen LogP contribution in [0.15, 0.2) is 22.8 Å². The third-order valence-corrected chi connectivity index (χ3v) is 2.63. The summed E-state index contributed by atoms with van der Waals surface area (Å²) in [6.45, 7) is -0.0543. The van der Waals surface area contributed by atoms with Crippen LogP contribution in [-0.4, -0.2) is 15.0 Å². The minimum Gasteiger partial charge on any atom is -0.381 e. The second-order valence-corrected chi connectivity index (χ2v) is 4.02. The van der Waals surface area contributed by atoms with E-state index < -0.39 is 11.6 Å². The highest BCUT2D eigenvalue weighted by Gasteiger charge is 2.13. The molecule has 1 aromatic carbocycles. The molecule has 1 aromatic heterocycles. The maximum atomic E-state index is 13.6. The predicted molar refractivity (Wildman–Crippen MR) is 57.6 cm³/mol. The Hall–Kier alpha value is -1.50. The fraction of sp³-hybridized carbons (Fsp3) is 0.111. The lowest BCUT2D eigenvalue weighted by Crippen LogP contribution is -2.06. The van der Waals surface area contributed by atoms with E-state index in [4.69, 9.17) is 5.73 Å². The van der Waals surface area contributed by atoms with Crippen molar-refractivity contribution in [3.8, 4) is 0 Å². The van der Waals surface area contributed by atoms with Crippen LogP contribution in [0, 0.1) is 11.6 Å². The molecule has 0 unspecified atom stereocenters. The fourth-order valence-corrected chi connectivity index (χ4v) is 1.64. The number of aromatic nitrogens is 3. The van der Waals surface area contributed by atoms with Crippen LogP contribution >= 0.6 is 15.9 Å². The van der Waals surface area contributed by atoms with Gasteiger partial charge < -0.3 is 5.73 Å². The van der Waals surface area contributed by atoms with E-state index in [1.54, 1.807) is 0 Å². The van der Waals surface area contributed by atoms with Gasteiger partial charge in [-0.3, -0.25) is 0 Å². The van der Waals surface area contributed by atoms with Crippen molar-refractivity contribution < 1.29 is 8.78 Å². The molecule has 0 radical (unpaired) electrons. The second kappa shape index (κ2) is 4.17. The van der Waals surface area contributed by atoms with Gasteiger partial charge in [0, 0.05) is 5.56 Å². The SMILES string of the molecule is Nc1cn(Cc2c(F)ccc(Br)c2F)nn1. The molecule has 84 valence electrons. The summed E-state index contributed by atoms with van der Waals surface area (Å²) in [5, 5.41) is 7.14. The summed E-state index contributed by atoms with van der Waals surface area (Å²) in [7, 11) is 0. The predicted octanol–water partition coefficient (Wildman–Crippen LogP) is 1.95. The Morgan fingerprint density at radius 1 is 1.38 bits per heavy atom. The molecule has 0 aliphatic carbocycles. The molecule has 1 heterocycles. The molecule has 2 rings (SSSR count). The van der Waals surface area contributed by atoms with Crippen molar-refractivity contribution in [3.63, 3.8) is 0 Å². The van der Waals surface area contributed by atoms with Crippen LogP contribution < -0.4 is 5.73 Å². The first-order valence-corrected chi connectivity index (χ1v) is 5.15. The van der Waals surface area contributed by atoms with E-state index in [2.05, 4.69) is 26.2 Å². The third kappa shape index (κ3) is 2.04. The average Bonchev–Trinajstić information content (AvgIpc) is 2.65. The molecule has 0 saturated heterocycles. The summed E-state index contributed by atoms with van der Waals surface area (Å²) < 4.78 is 28.4. The van der Waals surface area contributed by atoms with Crippen LogP contribution in [0.5, 0.6) is 0 Å². The van der Waals surface area contributed by atoms with E-state index in [9.17, 15) is 8.78 Å². The smallest absolute Gasteiger partial charge is 0.165 e. The number of nitrogen functional groups attached to an aromatic ring is 1. The summed E-state index contributed by atoms with van der Waals surface area (Å²) in [6, 6.07) is 2.49. The first kappa shape index (κ1) is 11.0. The highest BCUT2D eigenvalue weighted by molar-refractivity contribution is 9.10. The average molecular weight is 289 g/mol. The molecule has 0 aliphatic rings. The lowest BCUT2D eigenvalue weighted by molar-refractivity contribution is 0.524. The number of hydrogen-bond acceptors (Lipinski definition) is 3. The van der Waals surface area contributed by atoms with Gasteiger partial charge in [-0.25, -0.2) is 13.5 Å². The van der Waals surface area contributed by atoms with Crippen LogP contribution in [-0.2, 0) is 6.54 Å². The van der Waals surface area contributed by atoms with Gasteiger partial charge in [0.05, 0.1) is 17.2 Å². The Labute approximate surface area is 98.2 Å². The molecule has 0 amide bonds. The highest BCUT2D eigenvalue weighted by Crippen LogP contribution is 2.22. The summed E-state index contributed by atoms with van der Waals surface area (Å²) in [5.41, 5.74) is 5.26. The lowest BCUT2D eigenvalue weighted by Gasteiger charge is -2.05. The first-order valence-electron chi connectivity index (χ1n) is 4.36. The molecule has 7 heteroatoms. The summed E-state index contributed by atoms with van der Waals surface area (Å²) >= 11 is 2.99. The Morgan fingerprint density at radius 3 is 2.75 bits per heavy atom. The van der Waals surface area contributed by atoms with Crippen molar-refractivity contribution in [3.05, 3.63) is 40.0 Å². The number of rotatable bonds is 2. The van der Waals surface area contributed by atoms with Crippen LogP contribution in [0.3, 0.4) is 0 Å². The van der Waals surface area contributed by atoms with Gasteiger partial charge in [-0.2, -0.15) is 0 Å². The quantitative estimate of drug-likeness (QED) is 0.860. The van der Waals surface area contributed by atoms with Crippen molar-refractivity contribution in [2.45, 2.75) is 6.54 Å². The van der Waals surface area contributed by atoms with Gasteiger partial charge in [0.2, 0.25) is 0 Å². The summed E-state index contributed by atoms with van der Waals surface area (Å²) in [6.07, 6.45) is 1.40. The molecular formula is C9H7BrF2N4. The Balaban J connectivity index is 2.37. The maximum Gasteiger partial charge on any atom is 0.165 e. The minimum absolute atomic E-state index is 0.0543. The van der Waals surface area contributed by atoms with Crippen LogP contribution in [0.4, 0.5) is 14.6 Å². The van der Waals surface area contributed by atoms with E-state index in [1.165, 1.54) is 23.0 Å². The largest absolute Gasteiger partial charge is 0.381 e. The molecule has 4 nitrogen and oxygen atoms in total. The molecule has 0 saturated carbocycles. The number of nitrogens with two attached hydrogens (primary N) is 1. The van der Waals surface area contributed by atoms with E-state index in [0.29, 0.717) is 0 Å². The number of halogens is 3. The van der Waals surface area contributed by atoms with Crippen LogP contribution in [0.25, 0.3) is 0 Å².